The number of carbonyl (C=O) groups is 1. The molecule has 0 radical (unpaired) electrons. The topological polar surface area (TPSA) is 30.0 Å². The van der Waals surface area contributed by atoms with E-state index in [0.717, 1.165) is 0 Å². The Hall–Kier alpha value is -1.64. The summed E-state index contributed by atoms with van der Waals surface area (Å²) < 4.78 is 0. The molecule has 0 aliphatic rings. The van der Waals surface area contributed by atoms with E-state index in [2.05, 4.69) is 4.98 Å². The van der Waals surface area contributed by atoms with Crippen LogP contribution in [0.25, 0.3) is 6.08 Å². The molecule has 0 N–H and O–H groups in total. The Labute approximate surface area is 115 Å². The van der Waals surface area contributed by atoms with Crippen molar-refractivity contribution in [3.63, 3.8) is 0 Å². The molecule has 0 bridgehead atoms. The van der Waals surface area contributed by atoms with Gasteiger partial charge in [-0.2, -0.15) is 0 Å². The number of ketones is 1. The van der Waals surface area contributed by atoms with E-state index < -0.39 is 0 Å². The van der Waals surface area contributed by atoms with Gasteiger partial charge in [-0.15, -0.1) is 0 Å². The highest BCUT2D eigenvalue weighted by atomic mass is 35.5. The van der Waals surface area contributed by atoms with E-state index >= 15 is 0 Å². The Morgan fingerprint density at radius 1 is 1.17 bits per heavy atom. The minimum atomic E-state index is -0.126. The number of allylic oxidation sites excluding steroid dienone is 1. The Balaban J connectivity index is 2.22. The van der Waals surface area contributed by atoms with E-state index in [1.54, 1.807) is 42.6 Å². The third kappa shape index (κ3) is 2.97. The monoisotopic (exact) mass is 277 g/mol. The van der Waals surface area contributed by atoms with Crippen molar-refractivity contribution in [3.8, 4) is 0 Å². The summed E-state index contributed by atoms with van der Waals surface area (Å²) in [4.78, 5) is 15.7. The lowest BCUT2D eigenvalue weighted by molar-refractivity contribution is 0.104. The molecule has 0 spiro atoms. The predicted molar refractivity (Wildman–Crippen MR) is 74.1 cm³/mol. The highest BCUT2D eigenvalue weighted by molar-refractivity contribution is 6.42. The van der Waals surface area contributed by atoms with Gasteiger partial charge in [-0.05, 0) is 35.9 Å². The summed E-state index contributed by atoms with van der Waals surface area (Å²) in [6, 6.07) is 8.69. The number of pyridine rings is 1. The van der Waals surface area contributed by atoms with Crippen LogP contribution in [0.1, 0.15) is 15.9 Å². The van der Waals surface area contributed by atoms with Crippen LogP contribution in [0.3, 0.4) is 0 Å². The Morgan fingerprint density at radius 2 is 2.00 bits per heavy atom. The van der Waals surface area contributed by atoms with Gasteiger partial charge in [-0.1, -0.05) is 35.3 Å². The van der Waals surface area contributed by atoms with Crippen molar-refractivity contribution in [2.45, 2.75) is 0 Å². The van der Waals surface area contributed by atoms with Gasteiger partial charge in [0.15, 0.2) is 5.78 Å². The van der Waals surface area contributed by atoms with Crippen molar-refractivity contribution in [1.29, 1.82) is 0 Å². The van der Waals surface area contributed by atoms with Crippen LogP contribution in [0, 0.1) is 0 Å². The highest BCUT2D eigenvalue weighted by Gasteiger charge is 2.03. The standard InChI is InChI=1S/C14H9Cl2NO/c15-12-5-1-3-10(14(12)16)6-7-13(18)11-4-2-8-17-9-11/h1-9H/b7-6+. The van der Waals surface area contributed by atoms with Crippen LogP contribution in [0.5, 0.6) is 0 Å². The van der Waals surface area contributed by atoms with Crippen LogP contribution in [-0.2, 0) is 0 Å². The SMILES string of the molecule is O=C(/C=C/c1cccc(Cl)c1Cl)c1cccnc1. The molecule has 0 saturated heterocycles. The predicted octanol–water partition coefficient (Wildman–Crippen LogP) is 4.28. The number of hydrogen-bond acceptors (Lipinski definition) is 2. The van der Waals surface area contributed by atoms with Gasteiger partial charge in [0.1, 0.15) is 0 Å². The lowest BCUT2D eigenvalue weighted by Gasteiger charge is -1.99. The summed E-state index contributed by atoms with van der Waals surface area (Å²) in [7, 11) is 0. The first-order valence-corrected chi connectivity index (χ1v) is 6.00. The van der Waals surface area contributed by atoms with Crippen molar-refractivity contribution in [2.24, 2.45) is 0 Å². The Kier molecular flexibility index (Phi) is 4.13. The van der Waals surface area contributed by atoms with Crippen LogP contribution in [0.4, 0.5) is 0 Å². The molecule has 0 unspecified atom stereocenters. The molecule has 1 aromatic carbocycles. The lowest BCUT2D eigenvalue weighted by Crippen LogP contribution is -1.94. The van der Waals surface area contributed by atoms with Crippen molar-refractivity contribution < 1.29 is 4.79 Å². The Morgan fingerprint density at radius 3 is 2.72 bits per heavy atom. The molecular weight excluding hydrogens is 269 g/mol. The second kappa shape index (κ2) is 5.80. The van der Waals surface area contributed by atoms with Crippen molar-refractivity contribution in [2.75, 3.05) is 0 Å². The molecule has 18 heavy (non-hydrogen) atoms. The van der Waals surface area contributed by atoms with Gasteiger partial charge in [0.05, 0.1) is 10.0 Å². The quantitative estimate of drug-likeness (QED) is 0.619. The van der Waals surface area contributed by atoms with Gasteiger partial charge < -0.3 is 0 Å². The van der Waals surface area contributed by atoms with Gasteiger partial charge in [0.25, 0.3) is 0 Å². The smallest absolute Gasteiger partial charge is 0.187 e. The summed E-state index contributed by atoms with van der Waals surface area (Å²) in [6.07, 6.45) is 6.23. The fourth-order valence-corrected chi connectivity index (χ4v) is 1.79. The number of nitrogens with zero attached hydrogens (tertiary/aromatic N) is 1. The number of carbonyl (C=O) groups excluding carboxylic acids is 1. The first-order valence-electron chi connectivity index (χ1n) is 5.25. The minimum Gasteiger partial charge on any atom is -0.289 e. The molecule has 90 valence electrons. The van der Waals surface area contributed by atoms with Crippen molar-refractivity contribution in [3.05, 3.63) is 70.0 Å². The average Bonchev–Trinajstić information content (AvgIpc) is 2.41. The van der Waals surface area contributed by atoms with E-state index in [4.69, 9.17) is 23.2 Å². The minimum absolute atomic E-state index is 0.126. The molecule has 1 aromatic heterocycles. The molecule has 0 aliphatic heterocycles. The fraction of sp³-hybridized carbons (Fsp3) is 0. The highest BCUT2D eigenvalue weighted by Crippen LogP contribution is 2.26. The molecule has 2 aromatic rings. The van der Waals surface area contributed by atoms with Gasteiger partial charge in [0, 0.05) is 18.0 Å². The molecular formula is C14H9Cl2NO. The Bertz CT molecular complexity index is 594. The third-order valence-electron chi connectivity index (χ3n) is 2.34. The molecule has 0 amide bonds. The molecule has 4 heteroatoms. The zero-order chi connectivity index (χ0) is 13.0. The number of aromatic nitrogens is 1. The summed E-state index contributed by atoms with van der Waals surface area (Å²) in [6.45, 7) is 0. The van der Waals surface area contributed by atoms with E-state index in [1.807, 2.05) is 0 Å². The van der Waals surface area contributed by atoms with Gasteiger partial charge in [-0.25, -0.2) is 0 Å². The van der Waals surface area contributed by atoms with Crippen LogP contribution in [-0.4, -0.2) is 10.8 Å². The zero-order valence-corrected chi connectivity index (χ0v) is 10.8. The zero-order valence-electron chi connectivity index (χ0n) is 9.31. The van der Waals surface area contributed by atoms with Crippen molar-refractivity contribution >= 4 is 35.1 Å². The van der Waals surface area contributed by atoms with Gasteiger partial charge in [0.2, 0.25) is 0 Å². The van der Waals surface area contributed by atoms with E-state index in [9.17, 15) is 4.79 Å². The largest absolute Gasteiger partial charge is 0.289 e. The first-order chi connectivity index (χ1) is 8.68. The number of rotatable bonds is 3. The lowest BCUT2D eigenvalue weighted by atomic mass is 10.1. The maximum atomic E-state index is 11.8. The van der Waals surface area contributed by atoms with Crippen LogP contribution in [0.15, 0.2) is 48.8 Å². The van der Waals surface area contributed by atoms with E-state index in [0.29, 0.717) is 21.2 Å². The van der Waals surface area contributed by atoms with Gasteiger partial charge in [-0.3, -0.25) is 9.78 Å². The van der Waals surface area contributed by atoms with E-state index in [-0.39, 0.29) is 5.78 Å². The van der Waals surface area contributed by atoms with Crippen LogP contribution in [0.2, 0.25) is 10.0 Å². The van der Waals surface area contributed by atoms with Crippen molar-refractivity contribution in [1.82, 2.24) is 4.98 Å². The number of benzene rings is 1. The molecule has 2 rings (SSSR count). The van der Waals surface area contributed by atoms with Gasteiger partial charge >= 0.3 is 0 Å². The summed E-state index contributed by atoms with van der Waals surface area (Å²) in [5, 5.41) is 0.905. The molecule has 1 heterocycles. The summed E-state index contributed by atoms with van der Waals surface area (Å²) >= 11 is 11.9. The second-order valence-corrected chi connectivity index (χ2v) is 4.37. The second-order valence-electron chi connectivity index (χ2n) is 3.58. The molecule has 0 aliphatic carbocycles. The summed E-state index contributed by atoms with van der Waals surface area (Å²) in [5.41, 5.74) is 1.24. The maximum Gasteiger partial charge on any atom is 0.187 e. The number of hydrogen-bond donors (Lipinski definition) is 0. The third-order valence-corrected chi connectivity index (χ3v) is 3.18. The fourth-order valence-electron chi connectivity index (χ4n) is 1.42. The maximum absolute atomic E-state index is 11.8. The summed E-state index contributed by atoms with van der Waals surface area (Å²) in [5.74, 6) is -0.126. The average molecular weight is 278 g/mol. The van der Waals surface area contributed by atoms with Crippen LogP contribution >= 0.6 is 23.2 Å². The molecule has 0 atom stereocenters. The number of halogens is 2. The molecule has 0 fully saturated rings. The molecule has 2 nitrogen and oxygen atoms in total. The first kappa shape index (κ1) is 12.8. The molecule has 0 saturated carbocycles. The normalized spacial score (nSPS) is 10.8. The van der Waals surface area contributed by atoms with E-state index in [1.165, 1.54) is 12.3 Å². The van der Waals surface area contributed by atoms with Crippen LogP contribution < -0.4 is 0 Å².